The SMILES string of the molecule is CCOC(=O)c1cc(C(C)C)n(-c2ccc(C(=O)N3CCC(Cc4ccccc4)CC3)cc2)n1. The zero-order chi connectivity index (χ0) is 24.1. The number of benzene rings is 2. The number of likely N-dealkylation sites (tertiary alicyclic amines) is 1. The van der Waals surface area contributed by atoms with Gasteiger partial charge in [0.1, 0.15) is 0 Å². The van der Waals surface area contributed by atoms with Crippen LogP contribution in [0.15, 0.2) is 60.7 Å². The van der Waals surface area contributed by atoms with Gasteiger partial charge in [-0.05, 0) is 73.9 Å². The quantitative estimate of drug-likeness (QED) is 0.452. The van der Waals surface area contributed by atoms with Crippen LogP contribution in [0.1, 0.15) is 71.6 Å². The van der Waals surface area contributed by atoms with Crippen LogP contribution in [0, 0.1) is 5.92 Å². The van der Waals surface area contributed by atoms with E-state index in [1.165, 1.54) is 5.56 Å². The minimum atomic E-state index is -0.425. The Labute approximate surface area is 201 Å². The third-order valence-corrected chi connectivity index (χ3v) is 6.44. The second kappa shape index (κ2) is 10.7. The maximum Gasteiger partial charge on any atom is 0.358 e. The molecular formula is C28H33N3O3. The Hall–Kier alpha value is -3.41. The molecule has 6 heteroatoms. The van der Waals surface area contributed by atoms with Gasteiger partial charge in [0.25, 0.3) is 5.91 Å². The molecule has 0 bridgehead atoms. The number of hydrogen-bond donors (Lipinski definition) is 0. The Morgan fingerprint density at radius 1 is 1.03 bits per heavy atom. The fraction of sp³-hybridized carbons (Fsp3) is 0.393. The molecule has 1 aliphatic rings. The van der Waals surface area contributed by atoms with Gasteiger partial charge >= 0.3 is 5.97 Å². The van der Waals surface area contributed by atoms with Crippen LogP contribution in [0.3, 0.4) is 0 Å². The molecule has 0 atom stereocenters. The first-order valence-electron chi connectivity index (χ1n) is 12.2. The lowest BCUT2D eigenvalue weighted by atomic mass is 9.90. The summed E-state index contributed by atoms with van der Waals surface area (Å²) >= 11 is 0. The third kappa shape index (κ3) is 5.38. The van der Waals surface area contributed by atoms with Crippen LogP contribution < -0.4 is 0 Å². The average Bonchev–Trinajstić information content (AvgIpc) is 3.31. The van der Waals surface area contributed by atoms with E-state index in [2.05, 4.69) is 43.2 Å². The number of carbonyl (C=O) groups excluding carboxylic acids is 2. The van der Waals surface area contributed by atoms with Crippen LogP contribution in [0.2, 0.25) is 0 Å². The van der Waals surface area contributed by atoms with Crippen LogP contribution in [0.5, 0.6) is 0 Å². The van der Waals surface area contributed by atoms with Crippen molar-refractivity contribution in [3.8, 4) is 5.69 Å². The van der Waals surface area contributed by atoms with Crippen LogP contribution >= 0.6 is 0 Å². The minimum absolute atomic E-state index is 0.0708. The van der Waals surface area contributed by atoms with Crippen molar-refractivity contribution in [1.29, 1.82) is 0 Å². The number of carbonyl (C=O) groups is 2. The molecule has 0 spiro atoms. The van der Waals surface area contributed by atoms with Gasteiger partial charge in [-0.15, -0.1) is 0 Å². The molecule has 1 saturated heterocycles. The summed E-state index contributed by atoms with van der Waals surface area (Å²) in [4.78, 5) is 27.2. The van der Waals surface area contributed by atoms with Gasteiger partial charge in [-0.25, -0.2) is 9.48 Å². The van der Waals surface area contributed by atoms with E-state index in [1.54, 1.807) is 17.7 Å². The van der Waals surface area contributed by atoms with Crippen molar-refractivity contribution in [3.05, 3.63) is 83.2 Å². The van der Waals surface area contributed by atoms with Crippen molar-refractivity contribution in [2.24, 2.45) is 5.92 Å². The minimum Gasteiger partial charge on any atom is -0.461 e. The van der Waals surface area contributed by atoms with E-state index in [0.29, 0.717) is 23.8 Å². The molecule has 34 heavy (non-hydrogen) atoms. The van der Waals surface area contributed by atoms with E-state index in [0.717, 1.165) is 43.7 Å². The van der Waals surface area contributed by atoms with Gasteiger partial charge in [-0.3, -0.25) is 4.79 Å². The highest BCUT2D eigenvalue weighted by Gasteiger charge is 2.24. The lowest BCUT2D eigenvalue weighted by molar-refractivity contribution is 0.0518. The first kappa shape index (κ1) is 23.7. The van der Waals surface area contributed by atoms with Gasteiger partial charge in [-0.1, -0.05) is 44.2 Å². The maximum atomic E-state index is 13.1. The normalized spacial score (nSPS) is 14.4. The Balaban J connectivity index is 1.42. The van der Waals surface area contributed by atoms with Crippen molar-refractivity contribution < 1.29 is 14.3 Å². The third-order valence-electron chi connectivity index (χ3n) is 6.44. The van der Waals surface area contributed by atoms with E-state index in [9.17, 15) is 9.59 Å². The molecule has 2 aromatic carbocycles. The lowest BCUT2D eigenvalue weighted by Gasteiger charge is -2.32. The summed E-state index contributed by atoms with van der Waals surface area (Å²) in [5.74, 6) is 0.443. The van der Waals surface area contributed by atoms with E-state index >= 15 is 0 Å². The smallest absolute Gasteiger partial charge is 0.358 e. The highest BCUT2D eigenvalue weighted by atomic mass is 16.5. The molecule has 1 aliphatic heterocycles. The number of ether oxygens (including phenoxy) is 1. The molecule has 178 valence electrons. The summed E-state index contributed by atoms with van der Waals surface area (Å²) < 4.78 is 6.87. The lowest BCUT2D eigenvalue weighted by Crippen LogP contribution is -2.38. The molecular weight excluding hydrogens is 426 g/mol. The predicted octanol–water partition coefficient (Wildman–Crippen LogP) is 5.27. The van der Waals surface area contributed by atoms with Crippen LogP contribution in [0.4, 0.5) is 0 Å². The van der Waals surface area contributed by atoms with Crippen molar-refractivity contribution in [2.75, 3.05) is 19.7 Å². The van der Waals surface area contributed by atoms with Gasteiger partial charge in [0, 0.05) is 24.3 Å². The second-order valence-corrected chi connectivity index (χ2v) is 9.21. The molecule has 1 amide bonds. The molecule has 0 saturated carbocycles. The van der Waals surface area contributed by atoms with Crippen molar-refractivity contribution in [2.45, 2.75) is 46.0 Å². The van der Waals surface area contributed by atoms with Crippen molar-refractivity contribution in [1.82, 2.24) is 14.7 Å². The zero-order valence-electron chi connectivity index (χ0n) is 20.2. The van der Waals surface area contributed by atoms with Gasteiger partial charge < -0.3 is 9.64 Å². The number of aromatic nitrogens is 2. The largest absolute Gasteiger partial charge is 0.461 e. The summed E-state index contributed by atoms with van der Waals surface area (Å²) in [5.41, 5.74) is 4.08. The van der Waals surface area contributed by atoms with E-state index in [-0.39, 0.29) is 11.8 Å². The topological polar surface area (TPSA) is 64.4 Å². The van der Waals surface area contributed by atoms with Gasteiger partial charge in [0.05, 0.1) is 12.3 Å². The summed E-state index contributed by atoms with van der Waals surface area (Å²) in [5, 5.41) is 4.47. The van der Waals surface area contributed by atoms with E-state index < -0.39 is 5.97 Å². The molecule has 6 nitrogen and oxygen atoms in total. The van der Waals surface area contributed by atoms with Crippen LogP contribution in [-0.2, 0) is 11.2 Å². The first-order chi connectivity index (χ1) is 16.5. The summed E-state index contributed by atoms with van der Waals surface area (Å²) in [6.45, 7) is 7.78. The molecule has 0 radical (unpaired) electrons. The molecule has 0 unspecified atom stereocenters. The maximum absolute atomic E-state index is 13.1. The van der Waals surface area contributed by atoms with Crippen molar-refractivity contribution >= 4 is 11.9 Å². The Kier molecular flexibility index (Phi) is 7.46. The van der Waals surface area contributed by atoms with E-state index in [4.69, 9.17) is 4.74 Å². The fourth-order valence-corrected chi connectivity index (χ4v) is 4.53. The summed E-state index contributed by atoms with van der Waals surface area (Å²) in [7, 11) is 0. The van der Waals surface area contributed by atoms with Crippen molar-refractivity contribution in [3.63, 3.8) is 0 Å². The van der Waals surface area contributed by atoms with Gasteiger partial charge in [0.2, 0.25) is 0 Å². The average molecular weight is 460 g/mol. The highest BCUT2D eigenvalue weighted by Crippen LogP contribution is 2.24. The van der Waals surface area contributed by atoms with Crippen LogP contribution in [-0.4, -0.2) is 46.3 Å². The Morgan fingerprint density at radius 3 is 2.32 bits per heavy atom. The molecule has 1 fully saturated rings. The van der Waals surface area contributed by atoms with Crippen LogP contribution in [0.25, 0.3) is 5.69 Å². The molecule has 0 aliphatic carbocycles. The number of hydrogen-bond acceptors (Lipinski definition) is 4. The number of amides is 1. The number of nitrogens with zero attached hydrogens (tertiary/aromatic N) is 3. The summed E-state index contributed by atoms with van der Waals surface area (Å²) in [6.07, 6.45) is 3.13. The first-order valence-corrected chi connectivity index (χ1v) is 12.2. The summed E-state index contributed by atoms with van der Waals surface area (Å²) in [6, 6.07) is 19.8. The van der Waals surface area contributed by atoms with Gasteiger partial charge in [-0.2, -0.15) is 5.10 Å². The Bertz CT molecular complexity index is 1110. The Morgan fingerprint density at radius 2 is 1.71 bits per heavy atom. The molecule has 4 rings (SSSR count). The second-order valence-electron chi connectivity index (χ2n) is 9.21. The number of esters is 1. The van der Waals surface area contributed by atoms with E-state index in [1.807, 2.05) is 35.2 Å². The molecule has 1 aromatic heterocycles. The highest BCUT2D eigenvalue weighted by molar-refractivity contribution is 5.94. The monoisotopic (exact) mass is 459 g/mol. The molecule has 3 aromatic rings. The standard InChI is InChI=1S/C28H33N3O3/c1-4-34-28(33)25-19-26(20(2)3)31(29-25)24-12-10-23(11-13-24)27(32)30-16-14-22(15-17-30)18-21-8-6-5-7-9-21/h5-13,19-20,22H,4,14-18H2,1-3H3. The molecule has 0 N–H and O–H groups in total. The fourth-order valence-electron chi connectivity index (χ4n) is 4.53. The zero-order valence-corrected chi connectivity index (χ0v) is 20.2. The predicted molar refractivity (Wildman–Crippen MR) is 132 cm³/mol. The number of piperidine rings is 1. The molecule has 2 heterocycles. The number of rotatable bonds is 7. The van der Waals surface area contributed by atoms with Gasteiger partial charge in [0.15, 0.2) is 5.69 Å².